The highest BCUT2D eigenvalue weighted by molar-refractivity contribution is 6.00. The summed E-state index contributed by atoms with van der Waals surface area (Å²) in [6.45, 7) is -0.469. The number of para-hydroxylation sites is 2. The largest absolute Gasteiger partial charge is 0.481 e. The molecule has 0 radical (unpaired) electrons. The SMILES string of the molecule is NC(=O)CON=C(CCC(=O)O)c1nc2ccccc2n(C2C[C@H]3CCC[C@@H](C2)N3C2C[C@H]3CCCC[C@@H](C2)C3)c1=O. The number of oxime groups is 1. The molecule has 3 N–H and O–H groups in total. The monoisotopic (exact) mass is 577 g/mol. The summed E-state index contributed by atoms with van der Waals surface area (Å²) in [5, 5.41) is 13.3. The van der Waals surface area contributed by atoms with Crippen molar-refractivity contribution in [3.63, 3.8) is 0 Å². The molecule has 4 aliphatic rings. The van der Waals surface area contributed by atoms with Crippen LogP contribution in [0.3, 0.4) is 0 Å². The van der Waals surface area contributed by atoms with Crippen LogP contribution in [-0.2, 0) is 14.4 Å². The lowest BCUT2D eigenvalue weighted by atomic mass is 9.73. The molecular formula is C32H43N5O5. The second-order valence-electron chi connectivity index (χ2n) is 13.0. The van der Waals surface area contributed by atoms with E-state index in [2.05, 4.69) is 15.0 Å². The first-order chi connectivity index (χ1) is 20.4. The van der Waals surface area contributed by atoms with E-state index in [1.807, 2.05) is 28.8 Å². The first-order valence-electron chi connectivity index (χ1n) is 15.9. The number of amides is 1. The third-order valence-electron chi connectivity index (χ3n) is 10.2. The van der Waals surface area contributed by atoms with Gasteiger partial charge in [0.05, 0.1) is 17.5 Å². The van der Waals surface area contributed by atoms with E-state index in [1.54, 1.807) is 0 Å². The number of carboxylic acids is 1. The Morgan fingerprint density at radius 2 is 1.60 bits per heavy atom. The van der Waals surface area contributed by atoms with Gasteiger partial charge in [-0.1, -0.05) is 49.4 Å². The second-order valence-corrected chi connectivity index (χ2v) is 13.0. The van der Waals surface area contributed by atoms with Gasteiger partial charge in [-0.15, -0.1) is 0 Å². The Hall–Kier alpha value is -3.27. The summed E-state index contributed by atoms with van der Waals surface area (Å²) >= 11 is 0. The molecule has 2 saturated carbocycles. The minimum Gasteiger partial charge on any atom is -0.481 e. The van der Waals surface area contributed by atoms with Crippen molar-refractivity contribution in [2.45, 2.75) is 114 Å². The lowest BCUT2D eigenvalue weighted by Gasteiger charge is -2.54. The molecule has 10 heteroatoms. The van der Waals surface area contributed by atoms with Crippen molar-refractivity contribution >= 4 is 28.6 Å². The molecule has 2 aromatic rings. The Labute approximate surface area is 246 Å². The Morgan fingerprint density at radius 3 is 2.26 bits per heavy atom. The zero-order valence-corrected chi connectivity index (χ0v) is 24.3. The van der Waals surface area contributed by atoms with E-state index < -0.39 is 18.5 Å². The topological polar surface area (TPSA) is 140 Å². The standard InChI is InChI=1S/C32H43N5O5/c33-29(38)19-42-35-27(12-13-30(39)40)31-32(41)37(28-11-4-3-10-26(28)34-31)25-17-22-8-5-9-23(18-25)36(22)24-15-20-6-1-2-7-21(14-20)16-24/h3-4,10-11,20-25H,1-2,5-9,12-19H2,(H2,33,38)(H,39,40)/t20-,21+,22-,23+,24?,25?. The molecule has 42 heavy (non-hydrogen) atoms. The zero-order valence-electron chi connectivity index (χ0n) is 24.3. The maximum absolute atomic E-state index is 14.3. The molecule has 10 nitrogen and oxygen atoms in total. The summed E-state index contributed by atoms with van der Waals surface area (Å²) in [6, 6.07) is 9.19. The van der Waals surface area contributed by atoms with Crippen LogP contribution in [0.1, 0.15) is 102 Å². The van der Waals surface area contributed by atoms with Crippen LogP contribution in [0.25, 0.3) is 11.0 Å². The van der Waals surface area contributed by atoms with E-state index in [1.165, 1.54) is 51.4 Å². The number of carboxylic acid groups (broad SMARTS) is 1. The third-order valence-corrected chi connectivity index (χ3v) is 10.2. The number of hydrogen-bond acceptors (Lipinski definition) is 7. The zero-order chi connectivity index (χ0) is 29.2. The van der Waals surface area contributed by atoms with Crippen molar-refractivity contribution in [3.8, 4) is 0 Å². The van der Waals surface area contributed by atoms with Gasteiger partial charge in [0.25, 0.3) is 11.5 Å². The van der Waals surface area contributed by atoms with Crippen LogP contribution >= 0.6 is 0 Å². The summed E-state index contributed by atoms with van der Waals surface area (Å²) in [5.41, 5.74) is 6.52. The number of aliphatic carboxylic acids is 1. The van der Waals surface area contributed by atoms with E-state index in [-0.39, 0.29) is 35.8 Å². The number of fused-ring (bicyclic) bond motifs is 5. The van der Waals surface area contributed by atoms with Gasteiger partial charge in [0.2, 0.25) is 0 Å². The van der Waals surface area contributed by atoms with Gasteiger partial charge in [-0.2, -0.15) is 0 Å². The van der Waals surface area contributed by atoms with E-state index >= 15 is 0 Å². The molecule has 2 aliphatic heterocycles. The van der Waals surface area contributed by atoms with E-state index in [0.29, 0.717) is 23.6 Å². The maximum atomic E-state index is 14.3. The van der Waals surface area contributed by atoms with Gasteiger partial charge in [0.15, 0.2) is 12.3 Å². The smallest absolute Gasteiger partial charge is 0.303 e. The van der Waals surface area contributed by atoms with E-state index in [9.17, 15) is 19.5 Å². The number of piperidine rings is 2. The molecule has 1 aromatic heterocycles. The number of nitrogens with two attached hydrogens (primary N) is 1. The Kier molecular flexibility index (Phi) is 8.60. The Bertz CT molecular complexity index is 1380. The maximum Gasteiger partial charge on any atom is 0.303 e. The average molecular weight is 578 g/mol. The van der Waals surface area contributed by atoms with Crippen molar-refractivity contribution in [1.29, 1.82) is 0 Å². The van der Waals surface area contributed by atoms with Gasteiger partial charge in [0, 0.05) is 30.6 Å². The first kappa shape index (κ1) is 28.8. The molecule has 4 fully saturated rings. The van der Waals surface area contributed by atoms with Crippen LogP contribution in [-0.4, -0.2) is 61.9 Å². The summed E-state index contributed by atoms with van der Waals surface area (Å²) < 4.78 is 1.89. The molecule has 6 atom stereocenters. The summed E-state index contributed by atoms with van der Waals surface area (Å²) in [7, 11) is 0. The molecule has 2 unspecified atom stereocenters. The fraction of sp³-hybridized carbons (Fsp3) is 0.656. The molecule has 6 rings (SSSR count). The fourth-order valence-corrected chi connectivity index (χ4v) is 8.62. The quantitative estimate of drug-likeness (QED) is 0.333. The first-order valence-corrected chi connectivity index (χ1v) is 15.9. The summed E-state index contributed by atoms with van der Waals surface area (Å²) in [6.07, 6.45) is 14.7. The molecule has 226 valence electrons. The molecule has 1 aromatic carbocycles. The highest BCUT2D eigenvalue weighted by Gasteiger charge is 2.45. The van der Waals surface area contributed by atoms with Gasteiger partial charge < -0.3 is 20.2 Å². The predicted molar refractivity (Wildman–Crippen MR) is 159 cm³/mol. The van der Waals surface area contributed by atoms with Gasteiger partial charge >= 0.3 is 5.97 Å². The Balaban J connectivity index is 1.34. The van der Waals surface area contributed by atoms with Crippen molar-refractivity contribution in [1.82, 2.24) is 14.5 Å². The minimum atomic E-state index is -1.03. The second kappa shape index (κ2) is 12.5. The van der Waals surface area contributed by atoms with Crippen LogP contribution in [0.5, 0.6) is 0 Å². The highest BCUT2D eigenvalue weighted by Crippen LogP contribution is 2.47. The molecule has 2 saturated heterocycles. The van der Waals surface area contributed by atoms with Crippen molar-refractivity contribution in [2.75, 3.05) is 6.61 Å². The molecule has 1 amide bonds. The van der Waals surface area contributed by atoms with Gasteiger partial charge in [-0.25, -0.2) is 4.98 Å². The molecule has 3 heterocycles. The van der Waals surface area contributed by atoms with E-state index in [0.717, 1.165) is 43.0 Å². The predicted octanol–water partition coefficient (Wildman–Crippen LogP) is 4.38. The van der Waals surface area contributed by atoms with Crippen LogP contribution in [0.15, 0.2) is 34.2 Å². The normalized spacial score (nSPS) is 30.0. The van der Waals surface area contributed by atoms with E-state index in [4.69, 9.17) is 10.6 Å². The van der Waals surface area contributed by atoms with Gasteiger partial charge in [0.1, 0.15) is 5.71 Å². The minimum absolute atomic E-state index is 0.00818. The van der Waals surface area contributed by atoms with Gasteiger partial charge in [-0.05, 0) is 68.9 Å². The number of benzene rings is 1. The number of primary amides is 1. The molecule has 0 spiro atoms. The summed E-state index contributed by atoms with van der Waals surface area (Å²) in [5.74, 6) is -0.00849. The fourth-order valence-electron chi connectivity index (χ4n) is 8.62. The number of carbonyl (C=O) groups is 2. The molecule has 2 aliphatic carbocycles. The average Bonchev–Trinajstić information content (AvgIpc) is 3.12. The number of aromatic nitrogens is 2. The van der Waals surface area contributed by atoms with Crippen molar-refractivity contribution in [2.24, 2.45) is 22.7 Å². The number of hydrogen-bond donors (Lipinski definition) is 2. The number of rotatable bonds is 9. The molecular weight excluding hydrogens is 534 g/mol. The highest BCUT2D eigenvalue weighted by atomic mass is 16.6. The molecule has 4 bridgehead atoms. The lowest BCUT2D eigenvalue weighted by molar-refractivity contribution is -0.136. The lowest BCUT2D eigenvalue weighted by Crippen LogP contribution is -2.58. The Morgan fingerprint density at radius 1 is 0.905 bits per heavy atom. The van der Waals surface area contributed by atoms with Gasteiger partial charge in [-0.3, -0.25) is 19.3 Å². The van der Waals surface area contributed by atoms with Crippen LogP contribution in [0.4, 0.5) is 0 Å². The van der Waals surface area contributed by atoms with Crippen LogP contribution in [0, 0.1) is 11.8 Å². The third kappa shape index (κ3) is 6.09. The number of nitrogens with zero attached hydrogens (tertiary/aromatic N) is 4. The van der Waals surface area contributed by atoms with Crippen molar-refractivity contribution < 1.29 is 19.5 Å². The summed E-state index contributed by atoms with van der Waals surface area (Å²) in [4.78, 5) is 49.5. The van der Waals surface area contributed by atoms with Crippen LogP contribution < -0.4 is 11.3 Å². The van der Waals surface area contributed by atoms with Crippen molar-refractivity contribution in [3.05, 3.63) is 40.3 Å². The number of carbonyl (C=O) groups excluding carboxylic acids is 1. The van der Waals surface area contributed by atoms with Crippen LogP contribution in [0.2, 0.25) is 0 Å².